The molecule has 0 fully saturated rings. The van der Waals surface area contributed by atoms with Crippen LogP contribution in [0.15, 0.2) is 66.1 Å². The zero-order valence-corrected chi connectivity index (χ0v) is 15.3. The van der Waals surface area contributed by atoms with Gasteiger partial charge in [0.25, 0.3) is 5.56 Å². The molecule has 7 nitrogen and oxygen atoms in total. The molecule has 0 bridgehead atoms. The summed E-state index contributed by atoms with van der Waals surface area (Å²) in [7, 11) is 0. The van der Waals surface area contributed by atoms with E-state index < -0.39 is 5.97 Å². The molecule has 28 heavy (non-hydrogen) atoms. The number of aromatic nitrogens is 2. The topological polar surface area (TPSA) is 89.8 Å². The lowest BCUT2D eigenvalue weighted by molar-refractivity contribution is -0.116. The highest BCUT2D eigenvalue weighted by Crippen LogP contribution is 2.08. The predicted octanol–water partition coefficient (Wildman–Crippen LogP) is 2.16. The average Bonchev–Trinajstić information content (AvgIpc) is 2.71. The van der Waals surface area contributed by atoms with E-state index in [1.165, 1.54) is 16.5 Å². The molecule has 1 aromatic carbocycles. The van der Waals surface area contributed by atoms with Crippen LogP contribution in [0.5, 0.6) is 0 Å². The fourth-order valence-corrected chi connectivity index (χ4v) is 2.58. The van der Waals surface area contributed by atoms with Crippen LogP contribution in [-0.2, 0) is 22.7 Å². The Kier molecular flexibility index (Phi) is 5.64. The maximum Gasteiger partial charge on any atom is 0.338 e. The Morgan fingerprint density at radius 2 is 1.96 bits per heavy atom. The van der Waals surface area contributed by atoms with E-state index in [0.29, 0.717) is 23.4 Å². The highest BCUT2D eigenvalue weighted by atomic mass is 16.5. The van der Waals surface area contributed by atoms with Crippen molar-refractivity contribution in [2.75, 3.05) is 0 Å². The van der Waals surface area contributed by atoms with Gasteiger partial charge in [-0.05, 0) is 42.3 Å². The van der Waals surface area contributed by atoms with Crippen molar-refractivity contribution < 1.29 is 14.3 Å². The van der Waals surface area contributed by atoms with E-state index >= 15 is 0 Å². The Hall–Kier alpha value is -3.74. The van der Waals surface area contributed by atoms with Crippen molar-refractivity contribution in [1.29, 1.82) is 0 Å². The van der Waals surface area contributed by atoms with E-state index in [4.69, 9.17) is 4.74 Å². The Bertz CT molecular complexity index is 1100. The lowest BCUT2D eigenvalue weighted by atomic mass is 10.1. The zero-order chi connectivity index (χ0) is 20.1. The number of nitrogens with zero attached hydrogens (tertiary/aromatic N) is 2. The van der Waals surface area contributed by atoms with Crippen molar-refractivity contribution in [2.45, 2.75) is 20.1 Å². The predicted molar refractivity (Wildman–Crippen MR) is 104 cm³/mol. The summed E-state index contributed by atoms with van der Waals surface area (Å²) < 4.78 is 6.71. The average molecular weight is 377 g/mol. The molecule has 2 aromatic heterocycles. The van der Waals surface area contributed by atoms with E-state index in [1.807, 2.05) is 13.0 Å². The third kappa shape index (κ3) is 4.50. The van der Waals surface area contributed by atoms with Gasteiger partial charge in [0.2, 0.25) is 5.91 Å². The molecule has 1 N–H and O–H groups in total. The highest BCUT2D eigenvalue weighted by molar-refractivity contribution is 5.89. The molecule has 0 unspecified atom stereocenters. The number of hydrogen-bond acceptors (Lipinski definition) is 5. The van der Waals surface area contributed by atoms with E-state index in [2.05, 4.69) is 16.9 Å². The first-order valence-corrected chi connectivity index (χ1v) is 8.61. The molecule has 0 saturated heterocycles. The third-order valence-electron chi connectivity index (χ3n) is 4.05. The van der Waals surface area contributed by atoms with Gasteiger partial charge in [-0.15, -0.1) is 0 Å². The van der Waals surface area contributed by atoms with Crippen LogP contribution in [0.3, 0.4) is 0 Å². The van der Waals surface area contributed by atoms with Gasteiger partial charge in [0.15, 0.2) is 0 Å². The van der Waals surface area contributed by atoms with Crippen molar-refractivity contribution in [1.82, 2.24) is 14.7 Å². The van der Waals surface area contributed by atoms with Gasteiger partial charge in [-0.25, -0.2) is 9.78 Å². The lowest BCUT2D eigenvalue weighted by Crippen LogP contribution is -2.20. The largest absolute Gasteiger partial charge is 0.456 e. The molecule has 0 radical (unpaired) electrons. The van der Waals surface area contributed by atoms with Crippen molar-refractivity contribution in [3.05, 3.63) is 94.1 Å². The first-order valence-electron chi connectivity index (χ1n) is 8.61. The summed E-state index contributed by atoms with van der Waals surface area (Å²) >= 11 is 0. The maximum absolute atomic E-state index is 12.2. The number of rotatable bonds is 6. The van der Waals surface area contributed by atoms with Crippen LogP contribution in [0.2, 0.25) is 0 Å². The van der Waals surface area contributed by atoms with Crippen molar-refractivity contribution in [2.24, 2.45) is 0 Å². The number of amides is 1. The van der Waals surface area contributed by atoms with Crippen LogP contribution >= 0.6 is 0 Å². The first-order chi connectivity index (χ1) is 13.5. The summed E-state index contributed by atoms with van der Waals surface area (Å²) in [6, 6.07) is 11.6. The second-order valence-corrected chi connectivity index (χ2v) is 6.22. The van der Waals surface area contributed by atoms with Gasteiger partial charge in [0.1, 0.15) is 12.3 Å². The Labute approximate surface area is 161 Å². The molecule has 1 amide bonds. The Morgan fingerprint density at radius 3 is 2.68 bits per heavy atom. The number of ether oxygens (including phenoxy) is 1. The molecule has 3 rings (SSSR count). The molecule has 3 aromatic rings. The minimum absolute atomic E-state index is 0.102. The van der Waals surface area contributed by atoms with Crippen LogP contribution in [0.4, 0.5) is 0 Å². The van der Waals surface area contributed by atoms with Gasteiger partial charge in [-0.2, -0.15) is 0 Å². The van der Waals surface area contributed by atoms with Crippen molar-refractivity contribution >= 4 is 17.5 Å². The Balaban J connectivity index is 1.64. The Morgan fingerprint density at radius 1 is 1.21 bits per heavy atom. The van der Waals surface area contributed by atoms with Gasteiger partial charge in [-0.1, -0.05) is 24.8 Å². The van der Waals surface area contributed by atoms with Crippen molar-refractivity contribution in [3.8, 4) is 0 Å². The first kappa shape index (κ1) is 19.0. The molecule has 2 heterocycles. The van der Waals surface area contributed by atoms with Gasteiger partial charge < -0.3 is 10.1 Å². The molecule has 0 atom stereocenters. The molecule has 142 valence electrons. The molecular formula is C21H19N3O4. The van der Waals surface area contributed by atoms with Crippen LogP contribution in [0.1, 0.15) is 27.2 Å². The number of carbonyl (C=O) groups is 2. The van der Waals surface area contributed by atoms with E-state index in [9.17, 15) is 14.4 Å². The molecular weight excluding hydrogens is 358 g/mol. The number of benzene rings is 1. The number of pyridine rings is 1. The molecule has 0 spiro atoms. The van der Waals surface area contributed by atoms with E-state index in [0.717, 1.165) is 11.1 Å². The monoisotopic (exact) mass is 377 g/mol. The van der Waals surface area contributed by atoms with E-state index in [1.54, 1.807) is 36.5 Å². The van der Waals surface area contributed by atoms with Crippen LogP contribution in [-0.4, -0.2) is 21.3 Å². The minimum atomic E-state index is -0.521. The van der Waals surface area contributed by atoms with Gasteiger partial charge in [0, 0.05) is 18.8 Å². The van der Waals surface area contributed by atoms with Crippen LogP contribution < -0.4 is 10.9 Å². The van der Waals surface area contributed by atoms with E-state index in [-0.39, 0.29) is 18.1 Å². The quantitative estimate of drug-likeness (QED) is 0.525. The fourth-order valence-electron chi connectivity index (χ4n) is 2.58. The number of fused-ring (bicyclic) bond motifs is 1. The van der Waals surface area contributed by atoms with Gasteiger partial charge in [0.05, 0.1) is 11.3 Å². The lowest BCUT2D eigenvalue weighted by Gasteiger charge is -2.07. The molecule has 0 aliphatic heterocycles. The number of hydrogen-bond donors (Lipinski definition) is 1. The van der Waals surface area contributed by atoms with Crippen LogP contribution in [0, 0.1) is 6.92 Å². The minimum Gasteiger partial charge on any atom is -0.456 e. The second-order valence-electron chi connectivity index (χ2n) is 6.22. The second kappa shape index (κ2) is 8.30. The number of nitrogens with one attached hydrogen (secondary N) is 1. The number of aryl methyl sites for hydroxylation is 1. The number of esters is 1. The summed E-state index contributed by atoms with van der Waals surface area (Å²) in [4.78, 5) is 39.9. The SMILES string of the molecule is C=CC(=O)NCc1ccc(C(=O)OCc2cc(=O)n3cc(C)ccc3n2)cc1. The van der Waals surface area contributed by atoms with Gasteiger partial charge >= 0.3 is 5.97 Å². The smallest absolute Gasteiger partial charge is 0.338 e. The summed E-state index contributed by atoms with van der Waals surface area (Å²) in [5.74, 6) is -0.787. The molecule has 7 heteroatoms. The summed E-state index contributed by atoms with van der Waals surface area (Å²) in [5, 5.41) is 2.65. The number of carbonyl (C=O) groups excluding carboxylic acids is 2. The highest BCUT2D eigenvalue weighted by Gasteiger charge is 2.10. The zero-order valence-electron chi connectivity index (χ0n) is 15.3. The summed E-state index contributed by atoms with van der Waals surface area (Å²) in [6.07, 6.45) is 2.90. The fraction of sp³-hybridized carbons (Fsp3) is 0.143. The summed E-state index contributed by atoms with van der Waals surface area (Å²) in [6.45, 7) is 5.51. The summed E-state index contributed by atoms with van der Waals surface area (Å²) in [5.41, 5.74) is 2.80. The molecule has 0 saturated carbocycles. The normalized spacial score (nSPS) is 10.5. The van der Waals surface area contributed by atoms with Crippen LogP contribution in [0.25, 0.3) is 5.65 Å². The molecule has 0 aliphatic rings. The maximum atomic E-state index is 12.2. The molecule has 0 aliphatic carbocycles. The van der Waals surface area contributed by atoms with Gasteiger partial charge in [-0.3, -0.25) is 14.0 Å². The van der Waals surface area contributed by atoms with Crippen molar-refractivity contribution in [3.63, 3.8) is 0 Å². The standard InChI is InChI=1S/C21H19N3O4/c1-3-19(25)22-11-15-5-7-16(8-6-15)21(27)28-13-17-10-20(26)24-12-14(2)4-9-18(24)23-17/h3-10,12H,1,11,13H2,2H3,(H,22,25). The third-order valence-corrected chi connectivity index (χ3v) is 4.05.